The molecule has 3 aliphatic rings. The van der Waals surface area contributed by atoms with Crippen LogP contribution in [0.4, 0.5) is 0 Å². The van der Waals surface area contributed by atoms with Crippen LogP contribution in [0.15, 0.2) is 42.8 Å². The fourth-order valence-electron chi connectivity index (χ4n) is 5.38. The molecule has 1 atom stereocenters. The molecule has 0 aromatic heterocycles. The van der Waals surface area contributed by atoms with Gasteiger partial charge in [0.25, 0.3) is 0 Å². The van der Waals surface area contributed by atoms with E-state index >= 15 is 0 Å². The van der Waals surface area contributed by atoms with Crippen molar-refractivity contribution in [3.63, 3.8) is 0 Å². The summed E-state index contributed by atoms with van der Waals surface area (Å²) in [5.41, 5.74) is 6.85. The van der Waals surface area contributed by atoms with E-state index in [-0.39, 0.29) is 0 Å². The van der Waals surface area contributed by atoms with Gasteiger partial charge >= 0.3 is 143 Å². The van der Waals surface area contributed by atoms with E-state index in [0.29, 0.717) is 0 Å². The van der Waals surface area contributed by atoms with Crippen LogP contribution in [-0.2, 0) is 15.3 Å². The van der Waals surface area contributed by atoms with Gasteiger partial charge in [0.05, 0.1) is 0 Å². The molecule has 0 nitrogen and oxygen atoms in total. The molecule has 0 spiro atoms. The van der Waals surface area contributed by atoms with Gasteiger partial charge in [-0.25, -0.2) is 0 Å². The van der Waals surface area contributed by atoms with E-state index in [9.17, 15) is 0 Å². The normalized spacial score (nSPS) is 25.6. The van der Waals surface area contributed by atoms with E-state index in [4.69, 9.17) is 0 Å². The molecule has 1 saturated heterocycles. The summed E-state index contributed by atoms with van der Waals surface area (Å²) in [6, 6.07) is 3.34. The van der Waals surface area contributed by atoms with Gasteiger partial charge in [0.15, 0.2) is 0 Å². The van der Waals surface area contributed by atoms with Crippen molar-refractivity contribution in [1.29, 1.82) is 0 Å². The van der Waals surface area contributed by atoms with Crippen LogP contribution in [0.5, 0.6) is 0 Å². The molecule has 117 valence electrons. The van der Waals surface area contributed by atoms with Crippen LogP contribution in [0.3, 0.4) is 0 Å². The van der Waals surface area contributed by atoms with Crippen molar-refractivity contribution in [1.82, 2.24) is 0 Å². The first-order chi connectivity index (χ1) is 10.6. The molecular formula is C20H31SiZn. The van der Waals surface area contributed by atoms with Crippen molar-refractivity contribution >= 4 is 7.02 Å². The van der Waals surface area contributed by atoms with E-state index in [1.165, 1.54) is 19.3 Å². The monoisotopic (exact) mass is 363 g/mol. The van der Waals surface area contributed by atoms with Gasteiger partial charge in [0, 0.05) is 0 Å². The van der Waals surface area contributed by atoms with Crippen LogP contribution >= 0.6 is 0 Å². The topological polar surface area (TPSA) is 0 Å². The molecule has 0 amide bonds. The van der Waals surface area contributed by atoms with Crippen molar-refractivity contribution in [2.75, 3.05) is 0 Å². The first kappa shape index (κ1) is 16.7. The minimum atomic E-state index is -1.69. The summed E-state index contributed by atoms with van der Waals surface area (Å²) in [4.78, 5) is 0. The summed E-state index contributed by atoms with van der Waals surface area (Å²) < 4.78 is 4.08. The fraction of sp³-hybridized carbons (Fsp3) is 0.600. The van der Waals surface area contributed by atoms with Crippen molar-refractivity contribution in [2.24, 2.45) is 5.92 Å². The zero-order chi connectivity index (χ0) is 15.9. The van der Waals surface area contributed by atoms with Crippen LogP contribution in [0.2, 0.25) is 12.1 Å². The predicted octanol–water partition coefficient (Wildman–Crippen LogP) is 6.01. The third-order valence-electron chi connectivity index (χ3n) is 7.14. The molecule has 1 heterocycles. The second kappa shape index (κ2) is 6.73. The number of allylic oxidation sites excluding steroid dienone is 8. The van der Waals surface area contributed by atoms with Crippen molar-refractivity contribution in [3.05, 3.63) is 42.8 Å². The zero-order valence-corrected chi connectivity index (χ0v) is 19.4. The first-order valence-corrected chi connectivity index (χ1v) is 20.1. The Labute approximate surface area is 143 Å². The van der Waals surface area contributed by atoms with Gasteiger partial charge in [0.1, 0.15) is 0 Å². The fourth-order valence-corrected chi connectivity index (χ4v) is 38.6. The van der Waals surface area contributed by atoms with E-state index in [1.54, 1.807) is 40.8 Å². The maximum atomic E-state index is 2.52. The number of hydrogen-bond donors (Lipinski definition) is 0. The predicted molar refractivity (Wildman–Crippen MR) is 97.3 cm³/mol. The van der Waals surface area contributed by atoms with Gasteiger partial charge in [0.2, 0.25) is 0 Å². The molecule has 22 heavy (non-hydrogen) atoms. The zero-order valence-electron chi connectivity index (χ0n) is 15.3. The van der Waals surface area contributed by atoms with Crippen LogP contribution in [0.25, 0.3) is 0 Å². The number of hydrogen-bond acceptors (Lipinski definition) is 0. The van der Waals surface area contributed by atoms with Gasteiger partial charge in [-0.05, 0) is 0 Å². The van der Waals surface area contributed by atoms with Crippen LogP contribution in [0, 0.1) is 5.92 Å². The Morgan fingerprint density at radius 1 is 1.18 bits per heavy atom. The van der Waals surface area contributed by atoms with Gasteiger partial charge < -0.3 is 0 Å². The Morgan fingerprint density at radius 2 is 1.91 bits per heavy atom. The van der Waals surface area contributed by atoms with Gasteiger partial charge in [-0.2, -0.15) is 0 Å². The van der Waals surface area contributed by atoms with Gasteiger partial charge in [-0.15, -0.1) is 0 Å². The second-order valence-corrected chi connectivity index (χ2v) is 28.3. The summed E-state index contributed by atoms with van der Waals surface area (Å²) >= 11 is -1.69. The summed E-state index contributed by atoms with van der Waals surface area (Å²) in [5.74, 6) is 0.782. The Hall–Kier alpha value is -0.200. The third kappa shape index (κ3) is 2.71. The van der Waals surface area contributed by atoms with E-state index < -0.39 is 22.3 Å². The average molecular weight is 365 g/mol. The summed E-state index contributed by atoms with van der Waals surface area (Å²) in [6.45, 7) is 12.1. The molecular weight excluding hydrogens is 334 g/mol. The van der Waals surface area contributed by atoms with Crippen molar-refractivity contribution in [3.8, 4) is 0 Å². The van der Waals surface area contributed by atoms with Crippen LogP contribution < -0.4 is 0 Å². The molecule has 1 fully saturated rings. The molecule has 0 saturated carbocycles. The van der Waals surface area contributed by atoms with E-state index in [2.05, 4.69) is 46.8 Å². The SMILES string of the molecule is CCCC1=[C]([Zn]([C]2=C(C)C(C)=C(C)C2C)[SiH]2CCC2)CC=C1. The molecule has 2 heteroatoms. The Bertz CT molecular complexity index is 587. The molecule has 0 N–H and O–H groups in total. The minimum absolute atomic E-state index is 0.391. The van der Waals surface area contributed by atoms with Crippen LogP contribution in [-0.4, -0.2) is 7.02 Å². The second-order valence-electron chi connectivity index (χ2n) is 8.05. The molecule has 0 aromatic carbocycles. The van der Waals surface area contributed by atoms with E-state index in [1.807, 2.05) is 8.33 Å². The standard InChI is InChI=1S/C9H13.C8H11.C3H7Si.Zn/c1-6-5-7(2)9(4)8(6)3;1-2-5-8-6-3-4-7-8;1-2-4-3-1;/h6H,1-4H3;3,6H,2,4-5H2,1H3;4H,1-3H2;. The van der Waals surface area contributed by atoms with Crippen molar-refractivity contribution in [2.45, 2.75) is 72.4 Å². The molecule has 1 aliphatic heterocycles. The third-order valence-corrected chi connectivity index (χ3v) is 35.6. The van der Waals surface area contributed by atoms with Gasteiger partial charge in [-0.1, -0.05) is 0 Å². The average Bonchev–Trinajstić information content (AvgIpc) is 2.97. The first-order valence-electron chi connectivity index (χ1n) is 9.53. The molecule has 2 aliphatic carbocycles. The van der Waals surface area contributed by atoms with Crippen molar-refractivity contribution < 1.29 is 15.3 Å². The van der Waals surface area contributed by atoms with E-state index in [0.717, 1.165) is 5.92 Å². The Kier molecular flexibility index (Phi) is 5.10. The summed E-state index contributed by atoms with van der Waals surface area (Å²) in [6.07, 6.45) is 10.5. The molecule has 0 bridgehead atoms. The molecule has 3 rings (SSSR count). The molecule has 1 unspecified atom stereocenters. The quantitative estimate of drug-likeness (QED) is 0.524. The van der Waals surface area contributed by atoms with Crippen LogP contribution in [0.1, 0.15) is 60.3 Å². The van der Waals surface area contributed by atoms with Gasteiger partial charge in [-0.3, -0.25) is 0 Å². The Morgan fingerprint density at radius 3 is 2.41 bits per heavy atom. The number of rotatable bonds is 5. The summed E-state index contributed by atoms with van der Waals surface area (Å²) in [7, 11) is -0.391. The maximum absolute atomic E-state index is 2.52. The Balaban J connectivity index is 2.01. The molecule has 0 radical (unpaired) electrons. The molecule has 0 aromatic rings. The summed E-state index contributed by atoms with van der Waals surface area (Å²) in [5, 5.41) is 0.